The maximum absolute atomic E-state index is 13.0. The highest BCUT2D eigenvalue weighted by Gasteiger charge is 2.07. The van der Waals surface area contributed by atoms with Gasteiger partial charge < -0.3 is 4.74 Å². The highest BCUT2D eigenvalue weighted by Crippen LogP contribution is 2.28. The summed E-state index contributed by atoms with van der Waals surface area (Å²) in [7, 11) is 0. The minimum absolute atomic E-state index is 0.167. The number of hydrogen-bond donors (Lipinski definition) is 1. The molecule has 126 valence electrons. The third-order valence-corrected chi connectivity index (χ3v) is 3.85. The molecule has 6 heteroatoms. The van der Waals surface area contributed by atoms with Gasteiger partial charge in [-0.05, 0) is 57.2 Å². The van der Waals surface area contributed by atoms with Crippen molar-refractivity contribution < 1.29 is 13.9 Å². The van der Waals surface area contributed by atoms with Crippen molar-refractivity contribution in [2.24, 2.45) is 5.10 Å². The van der Waals surface area contributed by atoms with Gasteiger partial charge in [-0.15, -0.1) is 0 Å². The number of carbonyl (C=O) groups excluding carboxylic acids is 1. The van der Waals surface area contributed by atoms with Gasteiger partial charge >= 0.3 is 0 Å². The molecule has 0 radical (unpaired) electrons. The SMILES string of the molecule is CC(C)c1ccc(OCC(=O)NN=Cc2cccc(F)c2)c(Br)c1. The number of hydrazone groups is 1. The van der Waals surface area contributed by atoms with E-state index in [1.165, 1.54) is 23.9 Å². The molecule has 0 atom stereocenters. The average Bonchev–Trinajstić information content (AvgIpc) is 2.53. The van der Waals surface area contributed by atoms with Crippen LogP contribution < -0.4 is 10.2 Å². The van der Waals surface area contributed by atoms with Crippen LogP contribution in [0.4, 0.5) is 4.39 Å². The molecule has 1 N–H and O–H groups in total. The molecule has 4 nitrogen and oxygen atoms in total. The van der Waals surface area contributed by atoms with Crippen LogP contribution in [-0.2, 0) is 4.79 Å². The first-order valence-electron chi connectivity index (χ1n) is 7.45. The van der Waals surface area contributed by atoms with E-state index in [2.05, 4.69) is 40.3 Å². The topological polar surface area (TPSA) is 50.7 Å². The molecule has 0 saturated heterocycles. The Morgan fingerprint density at radius 2 is 2.12 bits per heavy atom. The van der Waals surface area contributed by atoms with Crippen molar-refractivity contribution in [2.45, 2.75) is 19.8 Å². The predicted octanol–water partition coefficient (Wildman–Crippen LogP) is 4.24. The van der Waals surface area contributed by atoms with Crippen LogP contribution in [-0.4, -0.2) is 18.7 Å². The smallest absolute Gasteiger partial charge is 0.277 e. The Balaban J connectivity index is 1.85. The van der Waals surface area contributed by atoms with Crippen molar-refractivity contribution >= 4 is 28.1 Å². The molecule has 1 amide bonds. The summed E-state index contributed by atoms with van der Waals surface area (Å²) in [6.45, 7) is 4.04. The molecule has 0 spiro atoms. The number of benzene rings is 2. The fraction of sp³-hybridized carbons (Fsp3) is 0.222. The summed E-state index contributed by atoms with van der Waals surface area (Å²) < 4.78 is 19.3. The van der Waals surface area contributed by atoms with Crippen molar-refractivity contribution in [1.82, 2.24) is 5.43 Å². The molecule has 0 bridgehead atoms. The molecule has 0 aliphatic rings. The lowest BCUT2D eigenvalue weighted by molar-refractivity contribution is -0.123. The van der Waals surface area contributed by atoms with E-state index in [1.54, 1.807) is 12.1 Å². The summed E-state index contributed by atoms with van der Waals surface area (Å²) in [6, 6.07) is 11.7. The summed E-state index contributed by atoms with van der Waals surface area (Å²) in [6.07, 6.45) is 1.37. The fourth-order valence-electron chi connectivity index (χ4n) is 1.93. The number of halogens is 2. The Kier molecular flexibility index (Phi) is 6.49. The van der Waals surface area contributed by atoms with Crippen LogP contribution in [0.15, 0.2) is 52.0 Å². The van der Waals surface area contributed by atoms with Crippen LogP contribution in [0.2, 0.25) is 0 Å². The summed E-state index contributed by atoms with van der Waals surface area (Å²) >= 11 is 3.43. The van der Waals surface area contributed by atoms with Crippen molar-refractivity contribution in [1.29, 1.82) is 0 Å². The number of nitrogens with zero attached hydrogens (tertiary/aromatic N) is 1. The van der Waals surface area contributed by atoms with Crippen molar-refractivity contribution in [3.8, 4) is 5.75 Å². The Hall–Kier alpha value is -2.21. The zero-order valence-corrected chi connectivity index (χ0v) is 15.0. The van der Waals surface area contributed by atoms with E-state index in [1.807, 2.05) is 18.2 Å². The van der Waals surface area contributed by atoms with E-state index in [9.17, 15) is 9.18 Å². The number of carbonyl (C=O) groups is 1. The van der Waals surface area contributed by atoms with E-state index in [0.717, 1.165) is 4.47 Å². The van der Waals surface area contributed by atoms with E-state index in [-0.39, 0.29) is 12.4 Å². The molecule has 2 rings (SSSR count). The van der Waals surface area contributed by atoms with E-state index in [0.29, 0.717) is 17.2 Å². The summed E-state index contributed by atoms with van der Waals surface area (Å²) in [4.78, 5) is 11.7. The second kappa shape index (κ2) is 8.59. The third-order valence-electron chi connectivity index (χ3n) is 3.23. The molecular weight excluding hydrogens is 375 g/mol. The highest BCUT2D eigenvalue weighted by atomic mass is 79.9. The molecular formula is C18H18BrFN2O2. The molecule has 2 aromatic rings. The van der Waals surface area contributed by atoms with Gasteiger partial charge in [0.15, 0.2) is 6.61 Å². The second-order valence-corrected chi connectivity index (χ2v) is 6.34. The molecule has 0 aromatic heterocycles. The fourth-order valence-corrected chi connectivity index (χ4v) is 2.45. The molecule has 0 saturated carbocycles. The minimum Gasteiger partial charge on any atom is -0.483 e. The lowest BCUT2D eigenvalue weighted by atomic mass is 10.0. The van der Waals surface area contributed by atoms with Gasteiger partial charge in [0.25, 0.3) is 5.91 Å². The average molecular weight is 393 g/mol. The summed E-state index contributed by atoms with van der Waals surface area (Å²) in [5, 5.41) is 3.77. The van der Waals surface area contributed by atoms with Gasteiger partial charge in [-0.2, -0.15) is 5.10 Å². The van der Waals surface area contributed by atoms with Gasteiger partial charge in [0.1, 0.15) is 11.6 Å². The first kappa shape index (κ1) is 18.1. The highest BCUT2D eigenvalue weighted by molar-refractivity contribution is 9.10. The van der Waals surface area contributed by atoms with E-state index < -0.39 is 5.91 Å². The summed E-state index contributed by atoms with van der Waals surface area (Å²) in [5.74, 6) is 0.241. The maximum Gasteiger partial charge on any atom is 0.277 e. The lowest BCUT2D eigenvalue weighted by Gasteiger charge is -2.10. The predicted molar refractivity (Wildman–Crippen MR) is 95.9 cm³/mol. The summed E-state index contributed by atoms with van der Waals surface area (Å²) in [5.41, 5.74) is 4.08. The first-order valence-corrected chi connectivity index (χ1v) is 8.24. The first-order chi connectivity index (χ1) is 11.5. The zero-order chi connectivity index (χ0) is 17.5. The number of amides is 1. The number of rotatable bonds is 6. The molecule has 24 heavy (non-hydrogen) atoms. The van der Waals surface area contributed by atoms with Gasteiger partial charge in [0.2, 0.25) is 0 Å². The van der Waals surface area contributed by atoms with Crippen molar-refractivity contribution in [3.05, 3.63) is 63.9 Å². The maximum atomic E-state index is 13.0. The van der Waals surface area contributed by atoms with Crippen LogP contribution >= 0.6 is 15.9 Å². The molecule has 2 aromatic carbocycles. The van der Waals surface area contributed by atoms with Gasteiger partial charge in [0.05, 0.1) is 10.7 Å². The normalized spacial score (nSPS) is 11.0. The van der Waals surface area contributed by atoms with Crippen LogP contribution in [0.1, 0.15) is 30.9 Å². The number of hydrogen-bond acceptors (Lipinski definition) is 3. The Morgan fingerprint density at radius 3 is 2.79 bits per heavy atom. The van der Waals surface area contributed by atoms with Crippen LogP contribution in [0.5, 0.6) is 5.75 Å². The minimum atomic E-state index is -0.400. The Morgan fingerprint density at radius 1 is 1.33 bits per heavy atom. The van der Waals surface area contributed by atoms with E-state index >= 15 is 0 Å². The van der Waals surface area contributed by atoms with Gasteiger partial charge in [0, 0.05) is 0 Å². The van der Waals surface area contributed by atoms with E-state index in [4.69, 9.17) is 4.74 Å². The van der Waals surface area contributed by atoms with Gasteiger partial charge in [-0.25, -0.2) is 9.82 Å². The van der Waals surface area contributed by atoms with Crippen LogP contribution in [0.25, 0.3) is 0 Å². The number of ether oxygens (including phenoxy) is 1. The Labute approximate surface area is 148 Å². The quantitative estimate of drug-likeness (QED) is 0.590. The standard InChI is InChI=1S/C18H18BrFN2O2/c1-12(2)14-6-7-17(16(19)9-14)24-11-18(23)22-21-10-13-4-3-5-15(20)8-13/h3-10,12H,11H2,1-2H3,(H,22,23). The molecule has 0 aliphatic carbocycles. The van der Waals surface area contributed by atoms with Crippen LogP contribution in [0.3, 0.4) is 0 Å². The number of nitrogens with one attached hydrogen (secondary N) is 1. The molecule has 0 fully saturated rings. The van der Waals surface area contributed by atoms with Crippen molar-refractivity contribution in [2.75, 3.05) is 6.61 Å². The Bertz CT molecular complexity index is 748. The van der Waals surface area contributed by atoms with Gasteiger partial charge in [-0.1, -0.05) is 32.0 Å². The molecule has 0 heterocycles. The molecule has 0 aliphatic heterocycles. The van der Waals surface area contributed by atoms with Gasteiger partial charge in [-0.3, -0.25) is 4.79 Å². The zero-order valence-electron chi connectivity index (χ0n) is 13.4. The second-order valence-electron chi connectivity index (χ2n) is 5.48. The van der Waals surface area contributed by atoms with Crippen molar-refractivity contribution in [3.63, 3.8) is 0 Å². The van der Waals surface area contributed by atoms with Crippen LogP contribution in [0, 0.1) is 5.82 Å². The molecule has 0 unspecified atom stereocenters. The monoisotopic (exact) mass is 392 g/mol. The third kappa shape index (κ3) is 5.45. The lowest BCUT2D eigenvalue weighted by Crippen LogP contribution is -2.24. The largest absolute Gasteiger partial charge is 0.483 e.